The smallest absolute Gasteiger partial charge is 0.243 e. The topological polar surface area (TPSA) is 128 Å². The van der Waals surface area contributed by atoms with Crippen LogP contribution in [0.5, 0.6) is 5.75 Å². The van der Waals surface area contributed by atoms with Gasteiger partial charge in [-0.15, -0.1) is 0 Å². The van der Waals surface area contributed by atoms with Gasteiger partial charge >= 0.3 is 0 Å². The second-order valence-electron chi connectivity index (χ2n) is 7.27. The standard InChI is InChI=1S/C22H27N3O6S/c23-21(26)11-14-31-20-4-2-1-3-19(20)24-22(27)10-7-17-5-8-18(9-6-17)32(28,29)25-12-15-30-16-13-25/h1-6,8-9H,7,10-16H2,(H2,23,26)(H,24,27). The molecule has 3 N–H and O–H groups in total. The first-order valence-electron chi connectivity index (χ1n) is 10.3. The highest BCUT2D eigenvalue weighted by atomic mass is 32.2. The van der Waals surface area contributed by atoms with Crippen molar-refractivity contribution in [2.24, 2.45) is 5.73 Å². The molecule has 10 heteroatoms. The number of nitrogens with zero attached hydrogens (tertiary/aromatic N) is 1. The van der Waals surface area contributed by atoms with E-state index in [2.05, 4.69) is 5.32 Å². The Balaban J connectivity index is 1.54. The molecule has 0 spiro atoms. The van der Waals surface area contributed by atoms with Crippen molar-refractivity contribution in [1.82, 2.24) is 4.31 Å². The quantitative estimate of drug-likeness (QED) is 0.552. The van der Waals surface area contributed by atoms with Crippen molar-refractivity contribution in [2.45, 2.75) is 24.2 Å². The van der Waals surface area contributed by atoms with E-state index in [4.69, 9.17) is 15.2 Å². The Morgan fingerprint density at radius 1 is 1.03 bits per heavy atom. The number of benzene rings is 2. The van der Waals surface area contributed by atoms with Crippen LogP contribution in [0.2, 0.25) is 0 Å². The third kappa shape index (κ3) is 6.52. The molecule has 172 valence electrons. The Hall–Kier alpha value is -2.95. The summed E-state index contributed by atoms with van der Waals surface area (Å²) in [6.45, 7) is 1.61. The van der Waals surface area contributed by atoms with Gasteiger partial charge in [-0.1, -0.05) is 24.3 Å². The lowest BCUT2D eigenvalue weighted by Crippen LogP contribution is -2.40. The molecule has 0 aromatic heterocycles. The molecule has 0 aliphatic carbocycles. The second-order valence-corrected chi connectivity index (χ2v) is 9.21. The van der Waals surface area contributed by atoms with Gasteiger partial charge in [-0.3, -0.25) is 9.59 Å². The summed E-state index contributed by atoms with van der Waals surface area (Å²) in [4.78, 5) is 23.5. The number of para-hydroxylation sites is 2. The van der Waals surface area contributed by atoms with Gasteiger partial charge < -0.3 is 20.5 Å². The van der Waals surface area contributed by atoms with Crippen molar-refractivity contribution in [3.05, 3.63) is 54.1 Å². The number of hydrogen-bond acceptors (Lipinski definition) is 6. The van der Waals surface area contributed by atoms with Crippen LogP contribution in [-0.4, -0.2) is 57.4 Å². The summed E-state index contributed by atoms with van der Waals surface area (Å²) >= 11 is 0. The maximum Gasteiger partial charge on any atom is 0.243 e. The SMILES string of the molecule is NC(=O)CCOc1ccccc1NC(=O)CCc1ccc(S(=O)(=O)N2CCOCC2)cc1. The van der Waals surface area contributed by atoms with Crippen LogP contribution in [0.4, 0.5) is 5.69 Å². The number of anilines is 1. The van der Waals surface area contributed by atoms with E-state index in [9.17, 15) is 18.0 Å². The molecule has 0 bridgehead atoms. The lowest BCUT2D eigenvalue weighted by molar-refractivity contribution is -0.118. The van der Waals surface area contributed by atoms with Crippen LogP contribution in [-0.2, 0) is 30.8 Å². The summed E-state index contributed by atoms with van der Waals surface area (Å²) in [5, 5.41) is 2.80. The number of rotatable bonds is 10. The maximum atomic E-state index is 12.7. The van der Waals surface area contributed by atoms with Crippen molar-refractivity contribution in [1.29, 1.82) is 0 Å². The first-order valence-corrected chi connectivity index (χ1v) is 11.8. The molecule has 1 fully saturated rings. The highest BCUT2D eigenvalue weighted by Crippen LogP contribution is 2.24. The zero-order valence-corrected chi connectivity index (χ0v) is 18.5. The molecule has 1 saturated heterocycles. The van der Waals surface area contributed by atoms with Crippen LogP contribution in [0.3, 0.4) is 0 Å². The number of amides is 2. The van der Waals surface area contributed by atoms with Gasteiger partial charge in [0.25, 0.3) is 0 Å². The average Bonchev–Trinajstić information content (AvgIpc) is 2.79. The van der Waals surface area contributed by atoms with E-state index in [1.54, 1.807) is 48.5 Å². The first kappa shape index (κ1) is 23.7. The van der Waals surface area contributed by atoms with E-state index in [0.29, 0.717) is 44.2 Å². The number of primary amides is 1. The Morgan fingerprint density at radius 3 is 2.41 bits per heavy atom. The van der Waals surface area contributed by atoms with Gasteiger partial charge in [-0.25, -0.2) is 8.42 Å². The van der Waals surface area contributed by atoms with Crippen molar-refractivity contribution in [3.8, 4) is 5.75 Å². The molecular formula is C22H27N3O6S. The van der Waals surface area contributed by atoms with Crippen LogP contribution in [0.25, 0.3) is 0 Å². The average molecular weight is 462 g/mol. The fourth-order valence-electron chi connectivity index (χ4n) is 3.19. The van der Waals surface area contributed by atoms with Crippen molar-refractivity contribution < 1.29 is 27.5 Å². The molecule has 3 rings (SSSR count). The Morgan fingerprint density at radius 2 is 1.72 bits per heavy atom. The van der Waals surface area contributed by atoms with Gasteiger partial charge in [0.15, 0.2) is 0 Å². The molecule has 2 amide bonds. The number of nitrogens with two attached hydrogens (primary N) is 1. The van der Waals surface area contributed by atoms with E-state index in [-0.39, 0.29) is 30.3 Å². The number of hydrogen-bond donors (Lipinski definition) is 2. The van der Waals surface area contributed by atoms with Crippen LogP contribution < -0.4 is 15.8 Å². The molecule has 32 heavy (non-hydrogen) atoms. The molecule has 0 saturated carbocycles. The molecule has 1 heterocycles. The van der Waals surface area contributed by atoms with Gasteiger partial charge in [-0.05, 0) is 36.2 Å². The van der Waals surface area contributed by atoms with Gasteiger partial charge in [-0.2, -0.15) is 4.31 Å². The summed E-state index contributed by atoms with van der Waals surface area (Å²) in [7, 11) is -3.54. The van der Waals surface area contributed by atoms with Crippen molar-refractivity contribution >= 4 is 27.5 Å². The van der Waals surface area contributed by atoms with E-state index >= 15 is 0 Å². The molecule has 1 aliphatic rings. The van der Waals surface area contributed by atoms with E-state index in [1.807, 2.05) is 0 Å². The number of aryl methyl sites for hydroxylation is 1. The van der Waals surface area contributed by atoms with Gasteiger partial charge in [0.05, 0.1) is 36.8 Å². The van der Waals surface area contributed by atoms with E-state index in [0.717, 1.165) is 5.56 Å². The van der Waals surface area contributed by atoms with Crippen LogP contribution in [0.15, 0.2) is 53.4 Å². The van der Waals surface area contributed by atoms with Crippen LogP contribution >= 0.6 is 0 Å². The minimum absolute atomic E-state index is 0.0829. The third-order valence-corrected chi connectivity index (χ3v) is 6.85. The van der Waals surface area contributed by atoms with Crippen LogP contribution in [0, 0.1) is 0 Å². The monoisotopic (exact) mass is 461 g/mol. The Bertz CT molecular complexity index is 1030. The number of morpholine rings is 1. The molecule has 2 aromatic carbocycles. The molecule has 9 nitrogen and oxygen atoms in total. The predicted molar refractivity (Wildman–Crippen MR) is 119 cm³/mol. The number of nitrogens with one attached hydrogen (secondary N) is 1. The van der Waals surface area contributed by atoms with Crippen LogP contribution in [0.1, 0.15) is 18.4 Å². The molecule has 0 unspecified atom stereocenters. The predicted octanol–water partition coefficient (Wildman–Crippen LogP) is 1.53. The van der Waals surface area contributed by atoms with E-state index < -0.39 is 15.9 Å². The first-order chi connectivity index (χ1) is 15.4. The lowest BCUT2D eigenvalue weighted by Gasteiger charge is -2.26. The fourth-order valence-corrected chi connectivity index (χ4v) is 4.60. The largest absolute Gasteiger partial charge is 0.491 e. The number of carbonyl (C=O) groups excluding carboxylic acids is 2. The highest BCUT2D eigenvalue weighted by Gasteiger charge is 2.26. The highest BCUT2D eigenvalue weighted by molar-refractivity contribution is 7.89. The second kappa shape index (κ2) is 11.1. The number of ether oxygens (including phenoxy) is 2. The summed E-state index contributed by atoms with van der Waals surface area (Å²) in [5.74, 6) is -0.212. The molecule has 2 aromatic rings. The van der Waals surface area contributed by atoms with Crippen molar-refractivity contribution in [2.75, 3.05) is 38.2 Å². The summed E-state index contributed by atoms with van der Waals surface area (Å²) in [5.41, 5.74) is 6.47. The fraction of sp³-hybridized carbons (Fsp3) is 0.364. The Kier molecular flexibility index (Phi) is 8.20. The molecule has 0 radical (unpaired) electrons. The molecule has 1 aliphatic heterocycles. The minimum atomic E-state index is -3.54. The van der Waals surface area contributed by atoms with E-state index in [1.165, 1.54) is 4.31 Å². The summed E-state index contributed by atoms with van der Waals surface area (Å²) < 4.78 is 37.5. The molecule has 0 atom stereocenters. The zero-order chi connectivity index (χ0) is 23.0. The van der Waals surface area contributed by atoms with Gasteiger partial charge in [0.1, 0.15) is 5.75 Å². The van der Waals surface area contributed by atoms with Gasteiger partial charge in [0, 0.05) is 19.5 Å². The number of sulfonamides is 1. The normalized spacial score (nSPS) is 14.6. The molecular weight excluding hydrogens is 434 g/mol. The Labute approximate surface area is 187 Å². The number of carbonyl (C=O) groups is 2. The lowest BCUT2D eigenvalue weighted by atomic mass is 10.1. The minimum Gasteiger partial charge on any atom is -0.491 e. The third-order valence-electron chi connectivity index (χ3n) is 4.94. The summed E-state index contributed by atoms with van der Waals surface area (Å²) in [6, 6.07) is 13.5. The van der Waals surface area contributed by atoms with Crippen molar-refractivity contribution in [3.63, 3.8) is 0 Å². The maximum absolute atomic E-state index is 12.7. The van der Waals surface area contributed by atoms with Gasteiger partial charge in [0.2, 0.25) is 21.8 Å². The summed E-state index contributed by atoms with van der Waals surface area (Å²) in [6.07, 6.45) is 0.749. The zero-order valence-electron chi connectivity index (χ0n) is 17.7.